The van der Waals surface area contributed by atoms with Crippen molar-refractivity contribution >= 4 is 48.8 Å². The summed E-state index contributed by atoms with van der Waals surface area (Å²) in [5.41, 5.74) is 2.05. The van der Waals surface area contributed by atoms with Gasteiger partial charge in [-0.1, -0.05) is 6.07 Å². The van der Waals surface area contributed by atoms with Gasteiger partial charge in [-0.25, -0.2) is 0 Å². The van der Waals surface area contributed by atoms with Crippen LogP contribution in [0.15, 0.2) is 41.9 Å². The average molecular weight is 308 g/mol. The van der Waals surface area contributed by atoms with Crippen molar-refractivity contribution in [3.05, 3.63) is 57.9 Å². The maximum atomic E-state index is 12.7. The van der Waals surface area contributed by atoms with Crippen molar-refractivity contribution in [3.63, 3.8) is 0 Å². The average Bonchev–Trinajstić information content (AvgIpc) is 3.19. The van der Waals surface area contributed by atoms with Gasteiger partial charge < -0.3 is 4.98 Å². The third-order valence-electron chi connectivity index (χ3n) is 3.42. The molecule has 3 heterocycles. The summed E-state index contributed by atoms with van der Waals surface area (Å²) < 4.78 is 2.30. The zero-order valence-corrected chi connectivity index (χ0v) is 12.3. The van der Waals surface area contributed by atoms with E-state index in [1.165, 1.54) is 11.3 Å². The topological polar surface area (TPSA) is 56.6 Å². The zero-order chi connectivity index (χ0) is 14.4. The first-order chi connectivity index (χ1) is 10.3. The Kier molecular flexibility index (Phi) is 2.67. The van der Waals surface area contributed by atoms with E-state index in [0.29, 0.717) is 11.1 Å². The van der Waals surface area contributed by atoms with E-state index < -0.39 is 0 Å². The van der Waals surface area contributed by atoms with Gasteiger partial charge in [-0.3, -0.25) is 4.79 Å². The molecule has 5 heteroatoms. The first-order valence-electron chi connectivity index (χ1n) is 6.29. The summed E-state index contributed by atoms with van der Waals surface area (Å²) in [6.07, 6.45) is 1.72. The number of thiophene rings is 2. The van der Waals surface area contributed by atoms with Crippen LogP contribution >= 0.6 is 22.7 Å². The molecule has 0 aliphatic carbocycles. The van der Waals surface area contributed by atoms with Crippen molar-refractivity contribution in [2.75, 3.05) is 0 Å². The van der Waals surface area contributed by atoms with Crippen LogP contribution in [0.2, 0.25) is 0 Å². The van der Waals surface area contributed by atoms with Crippen molar-refractivity contribution in [1.82, 2.24) is 4.98 Å². The van der Waals surface area contributed by atoms with Crippen LogP contribution in [0.3, 0.4) is 0 Å². The van der Waals surface area contributed by atoms with Crippen LogP contribution < -0.4 is 0 Å². The number of H-pyrrole nitrogens is 1. The van der Waals surface area contributed by atoms with Crippen LogP contribution in [-0.4, -0.2) is 10.8 Å². The number of carbonyl (C=O) groups is 1. The SMILES string of the molecule is N#Cc1ccc2c(C(=O)c3cc4sccc4s3)c[nH]c2c1. The lowest BCUT2D eigenvalue weighted by molar-refractivity contribution is 0.104. The number of ketones is 1. The van der Waals surface area contributed by atoms with Crippen LogP contribution in [0, 0.1) is 11.3 Å². The van der Waals surface area contributed by atoms with Crippen molar-refractivity contribution in [2.45, 2.75) is 0 Å². The fourth-order valence-electron chi connectivity index (χ4n) is 2.39. The number of aromatic amines is 1. The van der Waals surface area contributed by atoms with E-state index in [1.54, 1.807) is 29.7 Å². The highest BCUT2D eigenvalue weighted by Crippen LogP contribution is 2.32. The molecule has 0 aliphatic rings. The Labute approximate surface area is 128 Å². The molecule has 0 saturated carbocycles. The maximum Gasteiger partial charge on any atom is 0.205 e. The fourth-order valence-corrected chi connectivity index (χ4v) is 4.46. The minimum Gasteiger partial charge on any atom is -0.360 e. The van der Waals surface area contributed by atoms with Gasteiger partial charge >= 0.3 is 0 Å². The van der Waals surface area contributed by atoms with Crippen molar-refractivity contribution < 1.29 is 4.79 Å². The minimum absolute atomic E-state index is 0.0272. The predicted molar refractivity (Wildman–Crippen MR) is 86.1 cm³/mol. The molecular formula is C16H8N2OS2. The van der Waals surface area contributed by atoms with Gasteiger partial charge in [-0.05, 0) is 29.6 Å². The highest BCUT2D eigenvalue weighted by atomic mass is 32.1. The molecule has 0 unspecified atom stereocenters. The van der Waals surface area contributed by atoms with Gasteiger partial charge in [0.1, 0.15) is 0 Å². The van der Waals surface area contributed by atoms with E-state index in [0.717, 1.165) is 25.2 Å². The molecule has 0 amide bonds. The quantitative estimate of drug-likeness (QED) is 0.552. The Bertz CT molecular complexity index is 1000. The standard InChI is InChI=1S/C16H8N2OS2/c17-7-9-1-2-10-11(8-18-12(10)5-9)16(19)15-6-14-13(21-15)3-4-20-14/h1-6,8,18H. The molecule has 0 aliphatic heterocycles. The molecule has 4 aromatic rings. The zero-order valence-electron chi connectivity index (χ0n) is 10.7. The molecule has 0 radical (unpaired) electrons. The summed E-state index contributed by atoms with van der Waals surface area (Å²) in [7, 11) is 0. The second-order valence-corrected chi connectivity index (χ2v) is 6.69. The molecule has 0 saturated heterocycles. The lowest BCUT2D eigenvalue weighted by atomic mass is 10.1. The molecule has 21 heavy (non-hydrogen) atoms. The number of aromatic nitrogens is 1. The lowest BCUT2D eigenvalue weighted by Gasteiger charge is -1.96. The first-order valence-corrected chi connectivity index (χ1v) is 7.99. The van der Waals surface area contributed by atoms with Gasteiger partial charge in [-0.2, -0.15) is 5.26 Å². The Morgan fingerprint density at radius 3 is 2.90 bits per heavy atom. The third kappa shape index (κ3) is 1.88. The van der Waals surface area contributed by atoms with Crippen LogP contribution in [0.1, 0.15) is 20.8 Å². The largest absolute Gasteiger partial charge is 0.360 e. The normalized spacial score (nSPS) is 11.0. The second kappa shape index (κ2) is 4.55. The maximum absolute atomic E-state index is 12.7. The molecule has 3 aromatic heterocycles. The minimum atomic E-state index is 0.0272. The van der Waals surface area contributed by atoms with E-state index in [1.807, 2.05) is 23.6 Å². The summed E-state index contributed by atoms with van der Waals surface area (Å²) in [4.78, 5) is 16.5. The third-order valence-corrected chi connectivity index (χ3v) is 5.51. The molecule has 0 bridgehead atoms. The molecule has 0 atom stereocenters. The van der Waals surface area contributed by atoms with E-state index >= 15 is 0 Å². The van der Waals surface area contributed by atoms with Gasteiger partial charge in [0.2, 0.25) is 5.78 Å². The van der Waals surface area contributed by atoms with Crippen LogP contribution in [0.25, 0.3) is 20.3 Å². The lowest BCUT2D eigenvalue weighted by Crippen LogP contribution is -1.96. The second-order valence-electron chi connectivity index (χ2n) is 4.66. The number of rotatable bonds is 2. The molecule has 4 rings (SSSR count). The number of nitrogens with zero attached hydrogens (tertiary/aromatic N) is 1. The molecular weight excluding hydrogens is 300 g/mol. The number of hydrogen-bond acceptors (Lipinski definition) is 4. The van der Waals surface area contributed by atoms with Gasteiger partial charge in [0.05, 0.1) is 16.5 Å². The summed E-state index contributed by atoms with van der Waals surface area (Å²) in [6, 6.07) is 11.4. The van der Waals surface area contributed by atoms with Gasteiger partial charge in [0.25, 0.3) is 0 Å². The van der Waals surface area contributed by atoms with E-state index in [9.17, 15) is 4.79 Å². The van der Waals surface area contributed by atoms with Crippen LogP contribution in [-0.2, 0) is 0 Å². The Morgan fingerprint density at radius 1 is 1.19 bits per heavy atom. The Morgan fingerprint density at radius 2 is 2.10 bits per heavy atom. The summed E-state index contributed by atoms with van der Waals surface area (Å²) >= 11 is 3.17. The number of nitriles is 1. The molecule has 100 valence electrons. The molecule has 0 spiro atoms. The van der Waals surface area contributed by atoms with Gasteiger partial charge in [0.15, 0.2) is 0 Å². The summed E-state index contributed by atoms with van der Waals surface area (Å²) in [6.45, 7) is 0. The van der Waals surface area contributed by atoms with Crippen molar-refractivity contribution in [3.8, 4) is 6.07 Å². The summed E-state index contributed by atoms with van der Waals surface area (Å²) in [5, 5.41) is 11.8. The number of benzene rings is 1. The van der Waals surface area contributed by atoms with E-state index in [4.69, 9.17) is 5.26 Å². The molecule has 1 N–H and O–H groups in total. The highest BCUT2D eigenvalue weighted by Gasteiger charge is 2.17. The monoisotopic (exact) mass is 308 g/mol. The van der Waals surface area contributed by atoms with Crippen molar-refractivity contribution in [2.24, 2.45) is 0 Å². The molecule has 0 fully saturated rings. The number of hydrogen-bond donors (Lipinski definition) is 1. The Hall–Kier alpha value is -2.42. The Balaban J connectivity index is 1.84. The predicted octanol–water partition coefficient (Wildman–Crippen LogP) is 4.55. The number of fused-ring (bicyclic) bond motifs is 2. The van der Waals surface area contributed by atoms with Gasteiger partial charge in [0, 0.05) is 32.1 Å². The smallest absolute Gasteiger partial charge is 0.205 e. The van der Waals surface area contributed by atoms with Gasteiger partial charge in [-0.15, -0.1) is 22.7 Å². The fraction of sp³-hybridized carbons (Fsp3) is 0. The molecule has 1 aromatic carbocycles. The number of carbonyl (C=O) groups excluding carboxylic acids is 1. The van der Waals surface area contributed by atoms with E-state index in [-0.39, 0.29) is 5.78 Å². The van der Waals surface area contributed by atoms with E-state index in [2.05, 4.69) is 11.1 Å². The highest BCUT2D eigenvalue weighted by molar-refractivity contribution is 7.28. The first kappa shape index (κ1) is 12.3. The van der Waals surface area contributed by atoms with Crippen LogP contribution in [0.4, 0.5) is 0 Å². The van der Waals surface area contributed by atoms with Crippen LogP contribution in [0.5, 0.6) is 0 Å². The molecule has 3 nitrogen and oxygen atoms in total. The summed E-state index contributed by atoms with van der Waals surface area (Å²) in [5.74, 6) is 0.0272. The van der Waals surface area contributed by atoms with Crippen molar-refractivity contribution in [1.29, 1.82) is 5.26 Å². The number of nitrogens with one attached hydrogen (secondary N) is 1.